The molecule has 3 rings (SSSR count). The van der Waals surface area contributed by atoms with Crippen LogP contribution in [0.2, 0.25) is 4.34 Å². The van der Waals surface area contributed by atoms with E-state index in [9.17, 15) is 9.59 Å². The lowest BCUT2D eigenvalue weighted by molar-refractivity contribution is -0.129. The molecule has 140 valence electrons. The molecule has 1 N–H and O–H groups in total. The molecule has 9 heteroatoms. The second kappa shape index (κ2) is 9.21. The highest BCUT2D eigenvalue weighted by Gasteiger charge is 2.20. The fourth-order valence-corrected chi connectivity index (χ4v) is 5.15. The number of carbonyl (C=O) groups excluding carboxylic acids is 2. The van der Waals surface area contributed by atoms with Crippen molar-refractivity contribution in [2.45, 2.75) is 19.8 Å². The van der Waals surface area contributed by atoms with Crippen molar-refractivity contribution in [3.63, 3.8) is 0 Å². The summed E-state index contributed by atoms with van der Waals surface area (Å²) in [4.78, 5) is 31.5. The maximum absolute atomic E-state index is 12.2. The average molecular weight is 430 g/mol. The van der Waals surface area contributed by atoms with Gasteiger partial charge in [0.05, 0.1) is 26.4 Å². The monoisotopic (exact) mass is 429 g/mol. The number of amides is 2. The molecule has 3 heterocycles. The Kier molecular flexibility index (Phi) is 6.97. The SMILES string of the molecule is CC1CCN(C(=O)CSCC(=O)Nc2nc(-c3ccc(Cl)s3)cs2)CC1. The van der Waals surface area contributed by atoms with Gasteiger partial charge in [0.1, 0.15) is 0 Å². The van der Waals surface area contributed by atoms with Gasteiger partial charge in [0.2, 0.25) is 11.8 Å². The van der Waals surface area contributed by atoms with Crippen LogP contribution in [0.15, 0.2) is 17.5 Å². The standard InChI is InChI=1S/C17H20ClN3O2S3/c1-11-4-6-21(7-5-11)16(23)10-24-9-15(22)20-17-19-12(8-25-17)13-2-3-14(18)26-13/h2-3,8,11H,4-7,9-10H2,1H3,(H,19,20,22). The first-order chi connectivity index (χ1) is 12.5. The number of likely N-dealkylation sites (tertiary alicyclic amines) is 1. The number of thiazole rings is 1. The van der Waals surface area contributed by atoms with E-state index >= 15 is 0 Å². The number of anilines is 1. The average Bonchev–Trinajstić information content (AvgIpc) is 3.24. The van der Waals surface area contributed by atoms with Gasteiger partial charge in [0, 0.05) is 18.5 Å². The zero-order valence-electron chi connectivity index (χ0n) is 14.4. The summed E-state index contributed by atoms with van der Waals surface area (Å²) in [6, 6.07) is 3.74. The van der Waals surface area contributed by atoms with E-state index < -0.39 is 0 Å². The van der Waals surface area contributed by atoms with Crippen LogP contribution in [0.4, 0.5) is 5.13 Å². The van der Waals surface area contributed by atoms with Gasteiger partial charge >= 0.3 is 0 Å². The quantitative estimate of drug-likeness (QED) is 0.736. The molecule has 26 heavy (non-hydrogen) atoms. The molecule has 0 aromatic carbocycles. The Morgan fingerprint density at radius 1 is 1.35 bits per heavy atom. The molecule has 1 aliphatic heterocycles. The van der Waals surface area contributed by atoms with Crippen LogP contribution < -0.4 is 5.32 Å². The normalized spacial score (nSPS) is 15.2. The Hall–Kier alpha value is -1.09. The second-order valence-corrected chi connectivity index (χ2v) is 9.80. The molecule has 0 bridgehead atoms. The van der Waals surface area contributed by atoms with Gasteiger partial charge in [-0.05, 0) is 30.9 Å². The minimum atomic E-state index is -0.139. The maximum Gasteiger partial charge on any atom is 0.236 e. The maximum atomic E-state index is 12.2. The van der Waals surface area contributed by atoms with E-state index in [0.717, 1.165) is 36.5 Å². The lowest BCUT2D eigenvalue weighted by Crippen LogP contribution is -2.39. The number of nitrogens with zero attached hydrogens (tertiary/aromatic N) is 2. The summed E-state index contributed by atoms with van der Waals surface area (Å²) in [5, 5.41) is 5.25. The Labute approximate surface area is 170 Å². The number of aromatic nitrogens is 1. The van der Waals surface area contributed by atoms with E-state index in [1.165, 1.54) is 34.4 Å². The summed E-state index contributed by atoms with van der Waals surface area (Å²) in [6.45, 7) is 3.89. The van der Waals surface area contributed by atoms with Gasteiger partial charge in [-0.3, -0.25) is 9.59 Å². The first-order valence-electron chi connectivity index (χ1n) is 8.38. The van der Waals surface area contributed by atoms with Crippen molar-refractivity contribution in [3.05, 3.63) is 21.8 Å². The number of thiophene rings is 1. The highest BCUT2D eigenvalue weighted by molar-refractivity contribution is 8.00. The lowest BCUT2D eigenvalue weighted by Gasteiger charge is -2.30. The van der Waals surface area contributed by atoms with Crippen molar-refractivity contribution in [3.8, 4) is 10.6 Å². The highest BCUT2D eigenvalue weighted by atomic mass is 35.5. The molecule has 0 radical (unpaired) electrons. The first kappa shape index (κ1) is 19.7. The molecule has 2 aromatic heterocycles. The number of halogens is 1. The predicted octanol–water partition coefficient (Wildman–Crippen LogP) is 4.46. The zero-order valence-corrected chi connectivity index (χ0v) is 17.6. The van der Waals surface area contributed by atoms with Crippen molar-refractivity contribution in [2.24, 2.45) is 5.92 Å². The smallest absolute Gasteiger partial charge is 0.236 e. The van der Waals surface area contributed by atoms with Gasteiger partial charge in [-0.2, -0.15) is 0 Å². The molecule has 1 fully saturated rings. The summed E-state index contributed by atoms with van der Waals surface area (Å²) < 4.78 is 0.711. The van der Waals surface area contributed by atoms with Crippen molar-refractivity contribution in [1.29, 1.82) is 0 Å². The number of piperidine rings is 1. The number of thioether (sulfide) groups is 1. The van der Waals surface area contributed by atoms with Crippen molar-refractivity contribution >= 4 is 63.0 Å². The number of nitrogens with one attached hydrogen (secondary N) is 1. The number of hydrogen-bond donors (Lipinski definition) is 1. The van der Waals surface area contributed by atoms with Gasteiger partial charge in [-0.25, -0.2) is 4.98 Å². The van der Waals surface area contributed by atoms with E-state index in [2.05, 4.69) is 17.2 Å². The fraction of sp³-hybridized carbons (Fsp3) is 0.471. The van der Waals surface area contributed by atoms with Crippen LogP contribution in [0.1, 0.15) is 19.8 Å². The Morgan fingerprint density at radius 3 is 2.81 bits per heavy atom. The van der Waals surface area contributed by atoms with Gasteiger partial charge in [-0.15, -0.1) is 34.4 Å². The van der Waals surface area contributed by atoms with Crippen LogP contribution in [0.5, 0.6) is 0 Å². The van der Waals surface area contributed by atoms with E-state index in [-0.39, 0.29) is 17.6 Å². The number of hydrogen-bond acceptors (Lipinski definition) is 6. The summed E-state index contributed by atoms with van der Waals surface area (Å²) in [7, 11) is 0. The topological polar surface area (TPSA) is 62.3 Å². The first-order valence-corrected chi connectivity index (χ1v) is 11.6. The summed E-state index contributed by atoms with van der Waals surface area (Å²) in [6.07, 6.45) is 2.14. The van der Waals surface area contributed by atoms with Gasteiger partial charge in [0.25, 0.3) is 0 Å². The van der Waals surface area contributed by atoms with Gasteiger partial charge < -0.3 is 10.2 Å². The predicted molar refractivity (Wildman–Crippen MR) is 111 cm³/mol. The van der Waals surface area contributed by atoms with Crippen LogP contribution in [-0.2, 0) is 9.59 Å². The number of rotatable bonds is 6. The molecule has 2 amide bonds. The Bertz CT molecular complexity index is 769. The molecule has 0 atom stereocenters. The molecule has 0 saturated carbocycles. The molecule has 0 spiro atoms. The van der Waals surface area contributed by atoms with Crippen LogP contribution >= 0.6 is 46.0 Å². The van der Waals surface area contributed by atoms with Crippen LogP contribution in [0.25, 0.3) is 10.6 Å². The van der Waals surface area contributed by atoms with Gasteiger partial charge in [-0.1, -0.05) is 18.5 Å². The van der Waals surface area contributed by atoms with E-state index in [4.69, 9.17) is 11.6 Å². The van der Waals surface area contributed by atoms with Crippen LogP contribution in [-0.4, -0.2) is 46.3 Å². The third kappa shape index (κ3) is 5.45. The Morgan fingerprint density at radius 2 is 2.12 bits per heavy atom. The van der Waals surface area contributed by atoms with Crippen molar-refractivity contribution in [2.75, 3.05) is 29.9 Å². The molecule has 1 saturated heterocycles. The van der Waals surface area contributed by atoms with Crippen LogP contribution in [0.3, 0.4) is 0 Å². The van der Waals surface area contributed by atoms with E-state index in [1.807, 2.05) is 22.4 Å². The Balaban J connectivity index is 1.40. The van der Waals surface area contributed by atoms with Crippen molar-refractivity contribution < 1.29 is 9.59 Å². The fourth-order valence-electron chi connectivity index (χ4n) is 2.63. The van der Waals surface area contributed by atoms with Gasteiger partial charge in [0.15, 0.2) is 5.13 Å². The third-order valence-corrected chi connectivity index (χ3v) is 7.10. The molecule has 1 aliphatic rings. The molecule has 0 aliphatic carbocycles. The molecule has 2 aromatic rings. The summed E-state index contributed by atoms with van der Waals surface area (Å²) in [5.41, 5.74) is 0.810. The van der Waals surface area contributed by atoms with Crippen LogP contribution in [0, 0.1) is 5.92 Å². The summed E-state index contributed by atoms with van der Waals surface area (Å²) >= 11 is 10.1. The molecule has 5 nitrogen and oxygen atoms in total. The molecular formula is C17H20ClN3O2S3. The zero-order chi connectivity index (χ0) is 18.5. The highest BCUT2D eigenvalue weighted by Crippen LogP contribution is 2.32. The largest absolute Gasteiger partial charge is 0.342 e. The minimum Gasteiger partial charge on any atom is -0.342 e. The van der Waals surface area contributed by atoms with Crippen molar-refractivity contribution in [1.82, 2.24) is 9.88 Å². The van der Waals surface area contributed by atoms with E-state index in [0.29, 0.717) is 21.1 Å². The number of carbonyl (C=O) groups is 2. The van der Waals surface area contributed by atoms with E-state index in [1.54, 1.807) is 0 Å². The second-order valence-electron chi connectivity index (χ2n) is 6.25. The summed E-state index contributed by atoms with van der Waals surface area (Å²) in [5.74, 6) is 1.28. The molecular weight excluding hydrogens is 410 g/mol. The minimum absolute atomic E-state index is 0.126. The molecule has 0 unspecified atom stereocenters. The lowest BCUT2D eigenvalue weighted by atomic mass is 9.99. The third-order valence-electron chi connectivity index (χ3n) is 4.17.